The molecule has 3 atom stereocenters. The van der Waals surface area contributed by atoms with Crippen molar-refractivity contribution in [3.05, 3.63) is 58.6 Å². The van der Waals surface area contributed by atoms with Crippen LogP contribution < -0.4 is 21.3 Å². The number of hydrogen-bond donors (Lipinski definition) is 3. The Labute approximate surface area is 223 Å². The minimum atomic E-state index is -0.260. The fraction of sp³-hybridized carbons (Fsp3) is 0.483. The Hall–Kier alpha value is -2.90. The van der Waals surface area contributed by atoms with Crippen molar-refractivity contribution < 1.29 is 14.4 Å². The summed E-state index contributed by atoms with van der Waals surface area (Å²) in [5.74, 6) is -0.300. The molecule has 7 nitrogen and oxygen atoms in total. The molecule has 4 N–H and O–H groups in total. The molecule has 2 saturated carbocycles. The van der Waals surface area contributed by atoms with Gasteiger partial charge in [-0.05, 0) is 74.1 Å². The molecule has 2 aliphatic carbocycles. The summed E-state index contributed by atoms with van der Waals surface area (Å²) in [6, 6.07) is 11.7. The van der Waals surface area contributed by atoms with E-state index >= 15 is 0 Å². The molecule has 0 spiro atoms. The second-order valence-corrected chi connectivity index (χ2v) is 11.1. The summed E-state index contributed by atoms with van der Waals surface area (Å²) in [5.41, 5.74) is 8.28. The summed E-state index contributed by atoms with van der Waals surface area (Å²) in [6.45, 7) is 0. The Balaban J connectivity index is 1.50. The van der Waals surface area contributed by atoms with Crippen molar-refractivity contribution in [2.24, 2.45) is 11.7 Å². The van der Waals surface area contributed by atoms with E-state index in [2.05, 4.69) is 10.6 Å². The van der Waals surface area contributed by atoms with Crippen molar-refractivity contribution >= 4 is 40.7 Å². The number of nitrogens with two attached hydrogens (primary N) is 1. The van der Waals surface area contributed by atoms with Gasteiger partial charge in [0.15, 0.2) is 0 Å². The van der Waals surface area contributed by atoms with Gasteiger partial charge >= 0.3 is 0 Å². The molecule has 196 valence electrons. The molecule has 3 amide bonds. The van der Waals surface area contributed by atoms with Crippen molar-refractivity contribution in [3.8, 4) is 0 Å². The summed E-state index contributed by atoms with van der Waals surface area (Å²) in [4.78, 5) is 42.0. The topological polar surface area (TPSA) is 105 Å². The van der Waals surface area contributed by atoms with Gasteiger partial charge in [-0.2, -0.15) is 0 Å². The lowest BCUT2D eigenvalue weighted by Gasteiger charge is -2.37. The van der Waals surface area contributed by atoms with Crippen LogP contribution in [0.1, 0.15) is 84.9 Å². The summed E-state index contributed by atoms with van der Waals surface area (Å²) in [5, 5.41) is 6.62. The van der Waals surface area contributed by atoms with Crippen LogP contribution in [0.2, 0.25) is 5.02 Å². The minimum absolute atomic E-state index is 0.0537. The number of carbonyl (C=O) groups excluding carboxylic acids is 3. The van der Waals surface area contributed by atoms with E-state index in [1.54, 1.807) is 47.4 Å². The van der Waals surface area contributed by atoms with E-state index in [4.69, 9.17) is 17.3 Å². The molecule has 1 heterocycles. The molecule has 3 aliphatic rings. The summed E-state index contributed by atoms with van der Waals surface area (Å²) < 4.78 is 0. The highest BCUT2D eigenvalue weighted by Gasteiger charge is 2.38. The van der Waals surface area contributed by atoms with E-state index in [1.165, 1.54) is 6.42 Å². The molecule has 0 radical (unpaired) electrons. The van der Waals surface area contributed by atoms with Gasteiger partial charge in [-0.1, -0.05) is 43.7 Å². The van der Waals surface area contributed by atoms with Crippen molar-refractivity contribution in [1.29, 1.82) is 0 Å². The van der Waals surface area contributed by atoms with Gasteiger partial charge in [0.1, 0.15) is 0 Å². The Morgan fingerprint density at radius 1 is 0.919 bits per heavy atom. The van der Waals surface area contributed by atoms with Crippen LogP contribution in [0.5, 0.6) is 0 Å². The van der Waals surface area contributed by atoms with Gasteiger partial charge in [-0.15, -0.1) is 0 Å². The molecule has 5 rings (SSSR count). The van der Waals surface area contributed by atoms with E-state index in [0.29, 0.717) is 27.5 Å². The van der Waals surface area contributed by atoms with Gasteiger partial charge in [0.25, 0.3) is 11.8 Å². The first-order valence-corrected chi connectivity index (χ1v) is 13.9. The number of amides is 3. The van der Waals surface area contributed by atoms with Gasteiger partial charge in [0.2, 0.25) is 5.91 Å². The molecule has 8 heteroatoms. The Morgan fingerprint density at radius 3 is 2.32 bits per heavy atom. The number of rotatable bonds is 4. The number of halogens is 1. The zero-order chi connectivity index (χ0) is 25.9. The average molecular weight is 523 g/mol. The minimum Gasteiger partial charge on any atom is -0.348 e. The number of carbonyl (C=O) groups is 3. The molecule has 2 fully saturated rings. The van der Waals surface area contributed by atoms with Crippen molar-refractivity contribution in [2.45, 2.75) is 82.3 Å². The first-order valence-electron chi connectivity index (χ1n) is 13.5. The van der Waals surface area contributed by atoms with Gasteiger partial charge in [0.05, 0.1) is 11.4 Å². The normalized spacial score (nSPS) is 24.5. The molecule has 3 unspecified atom stereocenters. The molecular formula is C29H35ClN4O3. The SMILES string of the molecule is NC1CCCCC1NC(=O)c1ccc2c(c1)NC(=O)CC(C1CCCCC1)N2C(=O)c1ccc(Cl)cc1. The Bertz CT molecular complexity index is 1160. The van der Waals surface area contributed by atoms with Crippen LogP contribution in [0, 0.1) is 5.92 Å². The van der Waals surface area contributed by atoms with Crippen LogP contribution in [0.4, 0.5) is 11.4 Å². The number of benzene rings is 2. The second-order valence-electron chi connectivity index (χ2n) is 10.7. The highest BCUT2D eigenvalue weighted by molar-refractivity contribution is 6.30. The zero-order valence-electron chi connectivity index (χ0n) is 21.0. The Morgan fingerprint density at radius 2 is 1.59 bits per heavy atom. The summed E-state index contributed by atoms with van der Waals surface area (Å²) >= 11 is 6.08. The molecule has 0 bridgehead atoms. The molecular weight excluding hydrogens is 488 g/mol. The lowest BCUT2D eigenvalue weighted by molar-refractivity contribution is -0.116. The third-order valence-electron chi connectivity index (χ3n) is 8.16. The molecule has 2 aromatic carbocycles. The Kier molecular flexibility index (Phi) is 7.81. The van der Waals surface area contributed by atoms with E-state index in [0.717, 1.165) is 51.4 Å². The highest BCUT2D eigenvalue weighted by Crippen LogP contribution is 2.39. The van der Waals surface area contributed by atoms with E-state index in [9.17, 15) is 14.4 Å². The molecule has 0 saturated heterocycles. The van der Waals surface area contributed by atoms with Crippen LogP contribution in [0.3, 0.4) is 0 Å². The number of hydrogen-bond acceptors (Lipinski definition) is 4. The number of nitrogens with one attached hydrogen (secondary N) is 2. The third kappa shape index (κ3) is 5.68. The van der Waals surface area contributed by atoms with Gasteiger partial charge < -0.3 is 21.3 Å². The fourth-order valence-electron chi connectivity index (χ4n) is 6.13. The third-order valence-corrected chi connectivity index (χ3v) is 8.41. The van der Waals surface area contributed by atoms with E-state index in [-0.39, 0.29) is 48.2 Å². The number of nitrogens with zero attached hydrogens (tertiary/aromatic N) is 1. The summed E-state index contributed by atoms with van der Waals surface area (Å²) in [6.07, 6.45) is 9.46. The van der Waals surface area contributed by atoms with Crippen molar-refractivity contribution in [2.75, 3.05) is 10.2 Å². The standard InChI is InChI=1S/C29H35ClN4O3/c30-21-13-10-19(11-14-21)29(37)34-25-15-12-20(28(36)33-23-9-5-4-8-22(23)31)16-24(25)32-27(35)17-26(34)18-6-2-1-3-7-18/h10-16,18,22-23,26H,1-9,17,31H2,(H,32,35)(H,33,36). The van der Waals surface area contributed by atoms with Crippen molar-refractivity contribution in [3.63, 3.8) is 0 Å². The first-order chi connectivity index (χ1) is 17.9. The zero-order valence-corrected chi connectivity index (χ0v) is 21.8. The van der Waals surface area contributed by atoms with Gasteiger partial charge in [0, 0.05) is 40.7 Å². The van der Waals surface area contributed by atoms with Crippen LogP contribution >= 0.6 is 11.6 Å². The van der Waals surface area contributed by atoms with Crippen LogP contribution in [-0.2, 0) is 4.79 Å². The second kappa shape index (κ2) is 11.2. The maximum absolute atomic E-state index is 14.0. The first kappa shape index (κ1) is 25.7. The predicted octanol–water partition coefficient (Wildman–Crippen LogP) is 5.28. The number of fused-ring (bicyclic) bond motifs is 1. The largest absolute Gasteiger partial charge is 0.348 e. The molecule has 37 heavy (non-hydrogen) atoms. The fourth-order valence-corrected chi connectivity index (χ4v) is 6.25. The smallest absolute Gasteiger partial charge is 0.258 e. The van der Waals surface area contributed by atoms with Crippen molar-refractivity contribution in [1.82, 2.24) is 5.32 Å². The van der Waals surface area contributed by atoms with Gasteiger partial charge in [-0.25, -0.2) is 0 Å². The number of anilines is 2. The predicted molar refractivity (Wildman–Crippen MR) is 146 cm³/mol. The van der Waals surface area contributed by atoms with E-state index in [1.807, 2.05) is 0 Å². The molecule has 1 aliphatic heterocycles. The molecule has 2 aromatic rings. The average Bonchev–Trinajstić information content (AvgIpc) is 3.05. The van der Waals surface area contributed by atoms with Crippen LogP contribution in [0.15, 0.2) is 42.5 Å². The lowest BCUT2D eigenvalue weighted by atomic mass is 9.81. The lowest BCUT2D eigenvalue weighted by Crippen LogP contribution is -2.49. The maximum atomic E-state index is 14.0. The molecule has 0 aromatic heterocycles. The quantitative estimate of drug-likeness (QED) is 0.508. The van der Waals surface area contributed by atoms with Gasteiger partial charge in [-0.3, -0.25) is 14.4 Å². The van der Waals surface area contributed by atoms with Crippen LogP contribution in [0.25, 0.3) is 0 Å². The maximum Gasteiger partial charge on any atom is 0.258 e. The monoisotopic (exact) mass is 522 g/mol. The highest BCUT2D eigenvalue weighted by atomic mass is 35.5. The van der Waals surface area contributed by atoms with Crippen LogP contribution in [-0.4, -0.2) is 35.8 Å². The van der Waals surface area contributed by atoms with E-state index < -0.39 is 0 Å². The summed E-state index contributed by atoms with van der Waals surface area (Å²) in [7, 11) is 0.